The van der Waals surface area contributed by atoms with Crippen molar-refractivity contribution < 1.29 is 47.6 Å². The first-order valence-electron chi connectivity index (χ1n) is 13.0. The Kier molecular flexibility index (Phi) is 10.6. The van der Waals surface area contributed by atoms with Crippen molar-refractivity contribution in [3.63, 3.8) is 0 Å². The van der Waals surface area contributed by atoms with E-state index in [9.17, 15) is 19.2 Å². The van der Waals surface area contributed by atoms with E-state index in [1.165, 1.54) is 26.2 Å². The molecule has 0 saturated carbocycles. The first-order chi connectivity index (χ1) is 18.9. The highest BCUT2D eigenvalue weighted by molar-refractivity contribution is 5.97. The molecule has 0 spiro atoms. The summed E-state index contributed by atoms with van der Waals surface area (Å²) in [5.41, 5.74) is 0.540. The van der Waals surface area contributed by atoms with E-state index in [0.29, 0.717) is 12.0 Å². The van der Waals surface area contributed by atoms with Gasteiger partial charge in [0, 0.05) is 26.0 Å². The van der Waals surface area contributed by atoms with E-state index < -0.39 is 30.1 Å². The van der Waals surface area contributed by atoms with Crippen LogP contribution in [0.1, 0.15) is 57.0 Å². The Bertz CT molecular complexity index is 1170. The van der Waals surface area contributed by atoms with Crippen molar-refractivity contribution in [3.05, 3.63) is 41.5 Å². The summed E-state index contributed by atoms with van der Waals surface area (Å²) >= 11 is 0. The molecule has 1 aromatic rings. The lowest BCUT2D eigenvalue weighted by Gasteiger charge is -2.21. The van der Waals surface area contributed by atoms with Crippen LogP contribution >= 0.6 is 0 Å². The fourth-order valence-electron chi connectivity index (χ4n) is 4.13. The number of esters is 1. The summed E-state index contributed by atoms with van der Waals surface area (Å²) in [6.07, 6.45) is 4.95. The van der Waals surface area contributed by atoms with E-state index >= 15 is 0 Å². The SMILES string of the molecule is COCOc1cc(OCC(=O)CNC(C)=O)cc2c1C(=O)OC(C)[C@H](C)/C=C\C(=O)[C@H]1OC(C)(C)O[C@H]1CC=C2. The van der Waals surface area contributed by atoms with Gasteiger partial charge in [-0.25, -0.2) is 4.79 Å². The van der Waals surface area contributed by atoms with Gasteiger partial charge >= 0.3 is 5.97 Å². The predicted octanol–water partition coefficient (Wildman–Crippen LogP) is 3.00. The molecular weight excluding hydrogens is 522 g/mol. The summed E-state index contributed by atoms with van der Waals surface area (Å²) < 4.78 is 34.1. The van der Waals surface area contributed by atoms with Gasteiger partial charge in [-0.1, -0.05) is 25.2 Å². The van der Waals surface area contributed by atoms with Crippen LogP contribution in [-0.4, -0.2) is 74.6 Å². The molecular formula is C29H37NO10. The third kappa shape index (κ3) is 8.48. The monoisotopic (exact) mass is 559 g/mol. The fraction of sp³-hybridized carbons (Fsp3) is 0.517. The highest BCUT2D eigenvalue weighted by atomic mass is 16.8. The molecule has 2 heterocycles. The molecule has 4 atom stereocenters. The van der Waals surface area contributed by atoms with E-state index in [2.05, 4.69) is 5.32 Å². The molecule has 1 aromatic carbocycles. The molecule has 40 heavy (non-hydrogen) atoms. The number of hydrogen-bond acceptors (Lipinski definition) is 10. The molecule has 1 saturated heterocycles. The maximum atomic E-state index is 13.4. The second-order valence-electron chi connectivity index (χ2n) is 10.1. The van der Waals surface area contributed by atoms with Crippen LogP contribution in [-0.2, 0) is 33.3 Å². The lowest BCUT2D eigenvalue weighted by atomic mass is 9.99. The van der Waals surface area contributed by atoms with Gasteiger partial charge in [-0.05, 0) is 44.9 Å². The predicted molar refractivity (Wildman–Crippen MR) is 144 cm³/mol. The minimum atomic E-state index is -0.942. The number of carbonyl (C=O) groups excluding carboxylic acids is 4. The third-order valence-electron chi connectivity index (χ3n) is 6.30. The molecule has 1 fully saturated rings. The molecule has 3 rings (SSSR count). The number of ether oxygens (including phenoxy) is 6. The largest absolute Gasteiger partial charge is 0.486 e. The van der Waals surface area contributed by atoms with Crippen molar-refractivity contribution in [1.29, 1.82) is 0 Å². The Morgan fingerprint density at radius 2 is 1.85 bits per heavy atom. The molecule has 0 aromatic heterocycles. The Balaban J connectivity index is 2.01. The first-order valence-corrected chi connectivity index (χ1v) is 13.0. The summed E-state index contributed by atoms with van der Waals surface area (Å²) in [5, 5.41) is 2.43. The van der Waals surface area contributed by atoms with Crippen LogP contribution < -0.4 is 14.8 Å². The standard InChI is InChI=1S/C29H37NO10/c1-17-10-11-23(33)27-24(39-29(4,5)40-27)9-7-8-20-12-22(36-15-21(32)14-30-19(3)31)13-25(37-16-35-6)26(20)28(34)38-18(17)2/h7-8,10-13,17-18,24,27H,9,14-16H2,1-6H3,(H,30,31)/b8-7?,11-10-/t17-,18?,24+,27-/m1/s1. The second kappa shape index (κ2) is 13.7. The quantitative estimate of drug-likeness (QED) is 0.374. The summed E-state index contributed by atoms with van der Waals surface area (Å²) in [4.78, 5) is 49.6. The molecule has 0 radical (unpaired) electrons. The Morgan fingerprint density at radius 3 is 2.55 bits per heavy atom. The average Bonchev–Trinajstić information content (AvgIpc) is 3.21. The number of carbonyl (C=O) groups is 4. The van der Waals surface area contributed by atoms with Gasteiger partial charge < -0.3 is 33.7 Å². The number of Topliss-reactive ketones (excluding diaryl/α,β-unsaturated/α-hetero) is 1. The van der Waals surface area contributed by atoms with Crippen molar-refractivity contribution in [2.24, 2.45) is 5.92 Å². The van der Waals surface area contributed by atoms with Crippen molar-refractivity contribution in [1.82, 2.24) is 5.32 Å². The summed E-state index contributed by atoms with van der Waals surface area (Å²) in [6.45, 7) is 7.72. The van der Waals surface area contributed by atoms with Crippen molar-refractivity contribution in [3.8, 4) is 11.5 Å². The van der Waals surface area contributed by atoms with Crippen LogP contribution in [0.15, 0.2) is 30.4 Å². The van der Waals surface area contributed by atoms with Crippen LogP contribution in [0, 0.1) is 5.92 Å². The number of rotatable bonds is 8. The maximum absolute atomic E-state index is 13.4. The number of benzene rings is 1. The van der Waals surface area contributed by atoms with E-state index in [0.717, 1.165) is 0 Å². The molecule has 1 unspecified atom stereocenters. The van der Waals surface area contributed by atoms with Gasteiger partial charge in [0.25, 0.3) is 0 Å². The van der Waals surface area contributed by atoms with Crippen LogP contribution in [0.4, 0.5) is 0 Å². The minimum Gasteiger partial charge on any atom is -0.486 e. The zero-order valence-corrected chi connectivity index (χ0v) is 23.7. The lowest BCUT2D eigenvalue weighted by Crippen LogP contribution is -2.30. The zero-order valence-electron chi connectivity index (χ0n) is 23.7. The molecule has 2 aliphatic rings. The van der Waals surface area contributed by atoms with E-state index in [1.807, 2.05) is 6.92 Å². The highest BCUT2D eigenvalue weighted by Gasteiger charge is 2.43. The van der Waals surface area contributed by atoms with Gasteiger partial charge in [-0.3, -0.25) is 14.4 Å². The van der Waals surface area contributed by atoms with E-state index in [4.69, 9.17) is 28.4 Å². The van der Waals surface area contributed by atoms with Gasteiger partial charge in [0.2, 0.25) is 5.91 Å². The van der Waals surface area contributed by atoms with Crippen LogP contribution in [0.5, 0.6) is 11.5 Å². The average molecular weight is 560 g/mol. The third-order valence-corrected chi connectivity index (χ3v) is 6.30. The number of nitrogens with one attached hydrogen (secondary N) is 1. The van der Waals surface area contributed by atoms with Gasteiger partial charge in [0.1, 0.15) is 35.9 Å². The van der Waals surface area contributed by atoms with Gasteiger partial charge in [0.05, 0.1) is 12.6 Å². The fourth-order valence-corrected chi connectivity index (χ4v) is 4.13. The zero-order chi connectivity index (χ0) is 29.4. The molecule has 11 nitrogen and oxygen atoms in total. The molecule has 1 N–H and O–H groups in total. The Labute approximate surface area is 233 Å². The number of hydrogen-bond donors (Lipinski definition) is 1. The Morgan fingerprint density at radius 1 is 1.10 bits per heavy atom. The Hall–Kier alpha value is -3.54. The molecule has 0 bridgehead atoms. The number of cyclic esters (lactones) is 1. The van der Waals surface area contributed by atoms with Crippen molar-refractivity contribution >= 4 is 29.5 Å². The molecule has 11 heteroatoms. The van der Waals surface area contributed by atoms with Crippen molar-refractivity contribution in [2.45, 2.75) is 65.1 Å². The number of methoxy groups -OCH3 is 1. The van der Waals surface area contributed by atoms with Crippen LogP contribution in [0.2, 0.25) is 0 Å². The van der Waals surface area contributed by atoms with Crippen molar-refractivity contribution in [2.75, 3.05) is 27.1 Å². The first kappa shape index (κ1) is 31.0. The number of fused-ring (bicyclic) bond motifs is 2. The minimum absolute atomic E-state index is 0.135. The van der Waals surface area contributed by atoms with Gasteiger partial charge in [-0.2, -0.15) is 0 Å². The number of ketones is 2. The normalized spacial score (nSPS) is 25.1. The maximum Gasteiger partial charge on any atom is 0.342 e. The van der Waals surface area contributed by atoms with E-state index in [1.54, 1.807) is 45.1 Å². The highest BCUT2D eigenvalue weighted by Crippen LogP contribution is 2.34. The second-order valence-corrected chi connectivity index (χ2v) is 10.1. The topological polar surface area (TPSA) is 136 Å². The molecule has 0 aliphatic carbocycles. The molecule has 218 valence electrons. The van der Waals surface area contributed by atoms with Gasteiger partial charge in [-0.15, -0.1) is 0 Å². The molecule has 1 amide bonds. The van der Waals surface area contributed by atoms with Crippen LogP contribution in [0.25, 0.3) is 6.08 Å². The lowest BCUT2D eigenvalue weighted by molar-refractivity contribution is -0.152. The summed E-state index contributed by atoms with van der Waals surface area (Å²) in [6, 6.07) is 3.05. The van der Waals surface area contributed by atoms with E-state index in [-0.39, 0.29) is 60.4 Å². The van der Waals surface area contributed by atoms with Crippen LogP contribution in [0.3, 0.4) is 0 Å². The van der Waals surface area contributed by atoms with Gasteiger partial charge in [0.15, 0.2) is 24.1 Å². The summed E-state index contributed by atoms with van der Waals surface area (Å²) in [5.74, 6) is -2.41. The number of amides is 1. The smallest absolute Gasteiger partial charge is 0.342 e. The molecule has 2 aliphatic heterocycles. The summed E-state index contributed by atoms with van der Waals surface area (Å²) in [7, 11) is 1.44.